The molecule has 6 heteroatoms. The molecule has 0 aliphatic heterocycles. The zero-order chi connectivity index (χ0) is 19.7. The highest BCUT2D eigenvalue weighted by Gasteiger charge is 2.20. The Balaban J connectivity index is 1.70. The molecule has 142 valence electrons. The molecule has 4 nitrogen and oxygen atoms in total. The number of fused-ring (bicyclic) bond motifs is 1. The molecule has 0 unspecified atom stereocenters. The molecular weight excluding hydrogens is 392 g/mol. The standard InChI is InChI=1S/C22H19ClN2O2S/c1-14-21(22(27)24-12-15-4-2-5-16(23)10-15)19-11-17(26)7-8-20(19)25(14)13-18-6-3-9-28-18/h2-11,26H,12-13H2,1H3,(H,24,27). The van der Waals surface area contributed by atoms with Gasteiger partial charge in [-0.2, -0.15) is 0 Å². The van der Waals surface area contributed by atoms with Gasteiger partial charge in [0.15, 0.2) is 0 Å². The van der Waals surface area contributed by atoms with Gasteiger partial charge in [0.05, 0.1) is 12.1 Å². The van der Waals surface area contributed by atoms with Gasteiger partial charge in [-0.15, -0.1) is 11.3 Å². The highest BCUT2D eigenvalue weighted by atomic mass is 35.5. The molecular formula is C22H19ClN2O2S. The normalized spacial score (nSPS) is 11.1. The van der Waals surface area contributed by atoms with E-state index in [1.807, 2.05) is 42.6 Å². The Morgan fingerprint density at radius 3 is 2.79 bits per heavy atom. The Morgan fingerprint density at radius 2 is 2.04 bits per heavy atom. The van der Waals surface area contributed by atoms with Crippen molar-refractivity contribution >= 4 is 39.7 Å². The summed E-state index contributed by atoms with van der Waals surface area (Å²) in [6, 6.07) is 16.7. The van der Waals surface area contributed by atoms with E-state index in [1.165, 1.54) is 4.88 Å². The van der Waals surface area contributed by atoms with Crippen molar-refractivity contribution in [1.82, 2.24) is 9.88 Å². The Hall–Kier alpha value is -2.76. The number of rotatable bonds is 5. The fourth-order valence-electron chi connectivity index (χ4n) is 3.44. The van der Waals surface area contributed by atoms with E-state index in [9.17, 15) is 9.90 Å². The van der Waals surface area contributed by atoms with Crippen LogP contribution < -0.4 is 5.32 Å². The van der Waals surface area contributed by atoms with E-state index in [0.29, 0.717) is 23.7 Å². The molecule has 0 bridgehead atoms. The number of phenolic OH excluding ortho intramolecular Hbond substituents is 1. The van der Waals surface area contributed by atoms with Crippen LogP contribution in [0.4, 0.5) is 0 Å². The minimum atomic E-state index is -0.169. The van der Waals surface area contributed by atoms with Gasteiger partial charge in [-0.3, -0.25) is 4.79 Å². The molecule has 0 aliphatic carbocycles. The second kappa shape index (κ2) is 7.70. The third-order valence-corrected chi connectivity index (χ3v) is 5.87. The maximum Gasteiger partial charge on any atom is 0.254 e. The molecule has 0 fully saturated rings. The number of amides is 1. The first-order valence-electron chi connectivity index (χ1n) is 8.90. The zero-order valence-corrected chi connectivity index (χ0v) is 16.8. The number of hydrogen-bond acceptors (Lipinski definition) is 3. The summed E-state index contributed by atoms with van der Waals surface area (Å²) in [5, 5.41) is 16.4. The van der Waals surface area contributed by atoms with E-state index >= 15 is 0 Å². The lowest BCUT2D eigenvalue weighted by molar-refractivity contribution is 0.0951. The molecule has 4 aromatic rings. The quantitative estimate of drug-likeness (QED) is 0.466. The minimum absolute atomic E-state index is 0.143. The average Bonchev–Trinajstić information content (AvgIpc) is 3.27. The van der Waals surface area contributed by atoms with Crippen LogP contribution >= 0.6 is 22.9 Å². The number of hydrogen-bond donors (Lipinski definition) is 2. The fraction of sp³-hybridized carbons (Fsp3) is 0.136. The third-order valence-electron chi connectivity index (χ3n) is 4.77. The van der Waals surface area contributed by atoms with Crippen molar-refractivity contribution in [3.05, 3.63) is 86.7 Å². The zero-order valence-electron chi connectivity index (χ0n) is 15.3. The van der Waals surface area contributed by atoms with Crippen LogP contribution in [0, 0.1) is 6.92 Å². The Bertz CT molecular complexity index is 1150. The highest BCUT2D eigenvalue weighted by Crippen LogP contribution is 2.30. The van der Waals surface area contributed by atoms with Gasteiger partial charge in [0.2, 0.25) is 0 Å². The maximum atomic E-state index is 13.0. The van der Waals surface area contributed by atoms with E-state index in [1.54, 1.807) is 29.5 Å². The van der Waals surface area contributed by atoms with Crippen molar-refractivity contribution in [2.75, 3.05) is 0 Å². The monoisotopic (exact) mass is 410 g/mol. The van der Waals surface area contributed by atoms with Crippen molar-refractivity contribution in [2.24, 2.45) is 0 Å². The molecule has 0 spiro atoms. The number of phenols is 1. The van der Waals surface area contributed by atoms with Crippen molar-refractivity contribution in [3.8, 4) is 5.75 Å². The van der Waals surface area contributed by atoms with E-state index in [2.05, 4.69) is 16.0 Å². The van der Waals surface area contributed by atoms with Crippen molar-refractivity contribution < 1.29 is 9.90 Å². The minimum Gasteiger partial charge on any atom is -0.508 e. The number of carbonyl (C=O) groups excluding carboxylic acids is 1. The van der Waals surface area contributed by atoms with Gasteiger partial charge in [-0.1, -0.05) is 29.8 Å². The molecule has 0 saturated heterocycles. The molecule has 0 radical (unpaired) electrons. The Kier molecular flexibility index (Phi) is 5.11. The van der Waals surface area contributed by atoms with Crippen LogP contribution in [0.5, 0.6) is 5.75 Å². The molecule has 0 atom stereocenters. The molecule has 4 rings (SSSR count). The van der Waals surface area contributed by atoms with E-state index < -0.39 is 0 Å². The average molecular weight is 411 g/mol. The molecule has 28 heavy (non-hydrogen) atoms. The summed E-state index contributed by atoms with van der Waals surface area (Å²) >= 11 is 7.71. The van der Waals surface area contributed by atoms with Gasteiger partial charge in [0.25, 0.3) is 5.91 Å². The number of carbonyl (C=O) groups is 1. The van der Waals surface area contributed by atoms with Crippen molar-refractivity contribution in [3.63, 3.8) is 0 Å². The van der Waals surface area contributed by atoms with Gasteiger partial charge in [-0.05, 0) is 54.3 Å². The summed E-state index contributed by atoms with van der Waals surface area (Å²) in [5.74, 6) is -0.0253. The molecule has 2 N–H and O–H groups in total. The molecule has 0 saturated carbocycles. The van der Waals surface area contributed by atoms with Crippen LogP contribution in [0.3, 0.4) is 0 Å². The number of aromatic nitrogens is 1. The summed E-state index contributed by atoms with van der Waals surface area (Å²) in [5.41, 5.74) is 3.32. The number of aromatic hydroxyl groups is 1. The molecule has 2 aromatic carbocycles. The van der Waals surface area contributed by atoms with Crippen LogP contribution in [0.1, 0.15) is 26.5 Å². The number of nitrogens with zero attached hydrogens (tertiary/aromatic N) is 1. The summed E-state index contributed by atoms with van der Waals surface area (Å²) in [7, 11) is 0. The van der Waals surface area contributed by atoms with Crippen LogP contribution in [-0.2, 0) is 13.1 Å². The van der Waals surface area contributed by atoms with Gasteiger partial charge < -0.3 is 15.0 Å². The third kappa shape index (κ3) is 3.63. The summed E-state index contributed by atoms with van der Waals surface area (Å²) < 4.78 is 2.12. The second-order valence-corrected chi connectivity index (χ2v) is 8.11. The summed E-state index contributed by atoms with van der Waals surface area (Å²) in [6.45, 7) is 3.01. The predicted octanol–water partition coefficient (Wildman–Crippen LogP) is 5.35. The fourth-order valence-corrected chi connectivity index (χ4v) is 4.34. The second-order valence-electron chi connectivity index (χ2n) is 6.64. The largest absolute Gasteiger partial charge is 0.508 e. The molecule has 0 aliphatic rings. The Morgan fingerprint density at radius 1 is 1.18 bits per heavy atom. The van der Waals surface area contributed by atoms with Crippen LogP contribution in [0.15, 0.2) is 60.0 Å². The predicted molar refractivity (Wildman–Crippen MR) is 114 cm³/mol. The first-order valence-corrected chi connectivity index (χ1v) is 10.2. The van der Waals surface area contributed by atoms with Crippen LogP contribution in [-0.4, -0.2) is 15.6 Å². The van der Waals surface area contributed by atoms with Crippen LogP contribution in [0.25, 0.3) is 10.9 Å². The number of nitrogens with one attached hydrogen (secondary N) is 1. The van der Waals surface area contributed by atoms with E-state index in [0.717, 1.165) is 22.2 Å². The highest BCUT2D eigenvalue weighted by molar-refractivity contribution is 7.09. The summed E-state index contributed by atoms with van der Waals surface area (Å²) in [6.07, 6.45) is 0. The van der Waals surface area contributed by atoms with Gasteiger partial charge >= 0.3 is 0 Å². The number of benzene rings is 2. The first kappa shape index (κ1) is 18.6. The van der Waals surface area contributed by atoms with Crippen molar-refractivity contribution in [1.29, 1.82) is 0 Å². The topological polar surface area (TPSA) is 54.3 Å². The number of thiophene rings is 1. The van der Waals surface area contributed by atoms with Gasteiger partial charge in [0.1, 0.15) is 5.75 Å². The molecule has 2 heterocycles. The lowest BCUT2D eigenvalue weighted by atomic mass is 10.1. The van der Waals surface area contributed by atoms with Crippen LogP contribution in [0.2, 0.25) is 5.02 Å². The SMILES string of the molecule is Cc1c(C(=O)NCc2cccc(Cl)c2)c2cc(O)ccc2n1Cc1cccs1. The molecule has 2 aromatic heterocycles. The molecule has 1 amide bonds. The van der Waals surface area contributed by atoms with Gasteiger partial charge in [0, 0.05) is 33.0 Å². The lowest BCUT2D eigenvalue weighted by Crippen LogP contribution is -2.23. The number of halogens is 1. The maximum absolute atomic E-state index is 13.0. The Labute approximate surface area is 172 Å². The summed E-state index contributed by atoms with van der Waals surface area (Å²) in [4.78, 5) is 14.2. The van der Waals surface area contributed by atoms with E-state index in [4.69, 9.17) is 11.6 Å². The first-order chi connectivity index (χ1) is 13.5. The van der Waals surface area contributed by atoms with E-state index in [-0.39, 0.29) is 11.7 Å². The van der Waals surface area contributed by atoms with Crippen molar-refractivity contribution in [2.45, 2.75) is 20.0 Å². The lowest BCUT2D eigenvalue weighted by Gasteiger charge is -2.08. The smallest absolute Gasteiger partial charge is 0.254 e. The van der Waals surface area contributed by atoms with Gasteiger partial charge in [-0.25, -0.2) is 0 Å².